The molecule has 0 saturated carbocycles. The van der Waals surface area contributed by atoms with E-state index in [1.165, 1.54) is 11.8 Å². The Hall–Kier alpha value is -3.33. The summed E-state index contributed by atoms with van der Waals surface area (Å²) in [6, 6.07) is 14.5. The van der Waals surface area contributed by atoms with Crippen molar-refractivity contribution in [2.24, 2.45) is 0 Å². The monoisotopic (exact) mass is 439 g/mol. The second kappa shape index (κ2) is 10.6. The van der Waals surface area contributed by atoms with E-state index in [1.54, 1.807) is 37.4 Å². The van der Waals surface area contributed by atoms with Crippen molar-refractivity contribution >= 4 is 29.3 Å². The van der Waals surface area contributed by atoms with Crippen molar-refractivity contribution in [1.29, 1.82) is 0 Å². The van der Waals surface area contributed by atoms with E-state index in [9.17, 15) is 9.59 Å². The molecule has 0 aliphatic carbocycles. The number of carbonyl (C=O) groups excluding carboxylic acids is 2. The fraction of sp³-hybridized carbons (Fsp3) is 0.273. The molecule has 0 aliphatic heterocycles. The molecule has 2 amide bonds. The Labute approximate surface area is 185 Å². The summed E-state index contributed by atoms with van der Waals surface area (Å²) < 4.78 is 7.00. The fourth-order valence-corrected chi connectivity index (χ4v) is 3.74. The Morgan fingerprint density at radius 1 is 1.13 bits per heavy atom. The first-order valence-corrected chi connectivity index (χ1v) is 10.8. The van der Waals surface area contributed by atoms with Crippen LogP contribution in [-0.2, 0) is 17.9 Å². The van der Waals surface area contributed by atoms with Crippen LogP contribution in [0.15, 0.2) is 53.7 Å². The Morgan fingerprint density at radius 2 is 1.90 bits per heavy atom. The van der Waals surface area contributed by atoms with Crippen molar-refractivity contribution in [3.05, 3.63) is 65.5 Å². The summed E-state index contributed by atoms with van der Waals surface area (Å²) in [4.78, 5) is 24.6. The molecule has 8 nitrogen and oxygen atoms in total. The quantitative estimate of drug-likeness (QED) is 0.497. The SMILES string of the molecule is CCn1c(CNC(=O)c2cccc(C)c2)nnc1SCC(=O)Nc1ccc(OC)cc1. The van der Waals surface area contributed by atoms with Crippen LogP contribution in [0.3, 0.4) is 0 Å². The van der Waals surface area contributed by atoms with Crippen LogP contribution in [0.4, 0.5) is 5.69 Å². The average molecular weight is 440 g/mol. The van der Waals surface area contributed by atoms with Gasteiger partial charge >= 0.3 is 0 Å². The van der Waals surface area contributed by atoms with Crippen LogP contribution < -0.4 is 15.4 Å². The van der Waals surface area contributed by atoms with E-state index in [4.69, 9.17) is 4.74 Å². The molecule has 2 N–H and O–H groups in total. The molecule has 1 aromatic heterocycles. The minimum Gasteiger partial charge on any atom is -0.497 e. The van der Waals surface area contributed by atoms with Gasteiger partial charge in [0.2, 0.25) is 5.91 Å². The van der Waals surface area contributed by atoms with Gasteiger partial charge in [-0.2, -0.15) is 0 Å². The average Bonchev–Trinajstić information content (AvgIpc) is 3.18. The summed E-state index contributed by atoms with van der Waals surface area (Å²) in [6.07, 6.45) is 0. The van der Waals surface area contributed by atoms with Gasteiger partial charge < -0.3 is 19.9 Å². The van der Waals surface area contributed by atoms with E-state index >= 15 is 0 Å². The van der Waals surface area contributed by atoms with Crippen LogP contribution >= 0.6 is 11.8 Å². The van der Waals surface area contributed by atoms with Crippen molar-refractivity contribution in [3.8, 4) is 5.75 Å². The number of aryl methyl sites for hydroxylation is 1. The zero-order chi connectivity index (χ0) is 22.2. The maximum atomic E-state index is 12.4. The highest BCUT2D eigenvalue weighted by Gasteiger charge is 2.14. The smallest absolute Gasteiger partial charge is 0.251 e. The summed E-state index contributed by atoms with van der Waals surface area (Å²) in [6.45, 7) is 4.80. The predicted molar refractivity (Wildman–Crippen MR) is 120 cm³/mol. The third kappa shape index (κ3) is 6.08. The third-order valence-corrected chi connectivity index (χ3v) is 5.47. The number of aromatic nitrogens is 3. The molecule has 9 heteroatoms. The predicted octanol–water partition coefficient (Wildman–Crippen LogP) is 3.28. The van der Waals surface area contributed by atoms with Gasteiger partial charge in [-0.05, 0) is 50.2 Å². The number of anilines is 1. The zero-order valence-electron chi connectivity index (χ0n) is 17.7. The molecular weight excluding hydrogens is 414 g/mol. The molecule has 2 aromatic carbocycles. The highest BCUT2D eigenvalue weighted by Crippen LogP contribution is 2.19. The molecule has 162 valence electrons. The minimum atomic E-state index is -0.164. The number of ether oxygens (including phenoxy) is 1. The van der Waals surface area contributed by atoms with Gasteiger partial charge in [0.25, 0.3) is 5.91 Å². The standard InChI is InChI=1S/C22H25N5O3S/c1-4-27-19(13-23-21(29)16-7-5-6-15(2)12-16)25-26-22(27)31-14-20(28)24-17-8-10-18(30-3)11-9-17/h5-12H,4,13-14H2,1-3H3,(H,23,29)(H,24,28). The number of hydrogen-bond acceptors (Lipinski definition) is 6. The van der Waals surface area contributed by atoms with Crippen LogP contribution in [0.1, 0.15) is 28.7 Å². The zero-order valence-corrected chi connectivity index (χ0v) is 18.5. The molecule has 0 fully saturated rings. The third-order valence-electron chi connectivity index (χ3n) is 4.50. The number of methoxy groups -OCH3 is 1. The van der Waals surface area contributed by atoms with E-state index in [-0.39, 0.29) is 24.1 Å². The molecule has 3 aromatic rings. The molecule has 0 aliphatic rings. The van der Waals surface area contributed by atoms with E-state index in [0.29, 0.717) is 28.8 Å². The van der Waals surface area contributed by atoms with Crippen molar-refractivity contribution in [2.45, 2.75) is 32.1 Å². The number of thioether (sulfide) groups is 1. The van der Waals surface area contributed by atoms with Gasteiger partial charge in [-0.1, -0.05) is 29.5 Å². The highest BCUT2D eigenvalue weighted by atomic mass is 32.2. The normalized spacial score (nSPS) is 10.5. The van der Waals surface area contributed by atoms with Crippen molar-refractivity contribution in [2.75, 3.05) is 18.2 Å². The number of benzene rings is 2. The molecule has 0 saturated heterocycles. The number of nitrogens with zero attached hydrogens (tertiary/aromatic N) is 3. The van der Waals surface area contributed by atoms with Gasteiger partial charge in [0.1, 0.15) is 5.75 Å². The molecule has 0 unspecified atom stereocenters. The van der Waals surface area contributed by atoms with Crippen molar-refractivity contribution in [1.82, 2.24) is 20.1 Å². The lowest BCUT2D eigenvalue weighted by Crippen LogP contribution is -2.25. The number of hydrogen-bond donors (Lipinski definition) is 2. The van der Waals surface area contributed by atoms with E-state index in [0.717, 1.165) is 11.3 Å². The number of rotatable bonds is 9. The maximum Gasteiger partial charge on any atom is 0.251 e. The van der Waals surface area contributed by atoms with Crippen molar-refractivity contribution < 1.29 is 14.3 Å². The van der Waals surface area contributed by atoms with Gasteiger partial charge in [0.15, 0.2) is 11.0 Å². The lowest BCUT2D eigenvalue weighted by atomic mass is 10.1. The van der Waals surface area contributed by atoms with E-state index in [1.807, 2.05) is 36.6 Å². The number of carbonyl (C=O) groups is 2. The maximum absolute atomic E-state index is 12.4. The van der Waals surface area contributed by atoms with Crippen LogP contribution in [0.25, 0.3) is 0 Å². The first-order chi connectivity index (χ1) is 15.0. The topological polar surface area (TPSA) is 98.1 Å². The van der Waals surface area contributed by atoms with Gasteiger partial charge in [0.05, 0.1) is 19.4 Å². The van der Waals surface area contributed by atoms with Crippen LogP contribution in [0, 0.1) is 6.92 Å². The summed E-state index contributed by atoms with van der Waals surface area (Å²) in [5.74, 6) is 1.25. The molecule has 1 heterocycles. The summed E-state index contributed by atoms with van der Waals surface area (Å²) in [5.41, 5.74) is 2.33. The Kier molecular flexibility index (Phi) is 7.66. The highest BCUT2D eigenvalue weighted by molar-refractivity contribution is 7.99. The molecule has 3 rings (SSSR count). The molecule has 0 atom stereocenters. The largest absolute Gasteiger partial charge is 0.497 e. The summed E-state index contributed by atoms with van der Waals surface area (Å²) in [7, 11) is 1.59. The molecule has 0 spiro atoms. The molecule has 0 radical (unpaired) electrons. The summed E-state index contributed by atoms with van der Waals surface area (Å²) >= 11 is 1.30. The van der Waals surface area contributed by atoms with Gasteiger partial charge in [-0.15, -0.1) is 10.2 Å². The lowest BCUT2D eigenvalue weighted by Gasteiger charge is -2.09. The Morgan fingerprint density at radius 3 is 2.58 bits per heavy atom. The first-order valence-electron chi connectivity index (χ1n) is 9.83. The van der Waals surface area contributed by atoms with Crippen LogP contribution in [-0.4, -0.2) is 39.4 Å². The Balaban J connectivity index is 1.55. The van der Waals surface area contributed by atoms with E-state index < -0.39 is 0 Å². The number of amides is 2. The van der Waals surface area contributed by atoms with Crippen LogP contribution in [0.5, 0.6) is 5.75 Å². The second-order valence-electron chi connectivity index (χ2n) is 6.76. The molecule has 31 heavy (non-hydrogen) atoms. The lowest BCUT2D eigenvalue weighted by molar-refractivity contribution is -0.113. The second-order valence-corrected chi connectivity index (χ2v) is 7.70. The fourth-order valence-electron chi connectivity index (χ4n) is 2.92. The van der Waals surface area contributed by atoms with Gasteiger partial charge in [-0.25, -0.2) is 0 Å². The number of nitrogens with one attached hydrogen (secondary N) is 2. The van der Waals surface area contributed by atoms with Gasteiger partial charge in [0, 0.05) is 17.8 Å². The van der Waals surface area contributed by atoms with E-state index in [2.05, 4.69) is 20.8 Å². The summed E-state index contributed by atoms with van der Waals surface area (Å²) in [5, 5.41) is 14.7. The van der Waals surface area contributed by atoms with Crippen LogP contribution in [0.2, 0.25) is 0 Å². The van der Waals surface area contributed by atoms with Gasteiger partial charge in [-0.3, -0.25) is 9.59 Å². The first kappa shape index (κ1) is 22.4. The van der Waals surface area contributed by atoms with Crippen molar-refractivity contribution in [3.63, 3.8) is 0 Å². The molecule has 0 bridgehead atoms. The Bertz CT molecular complexity index is 1050. The minimum absolute atomic E-state index is 0.143. The molecular formula is C22H25N5O3S.